The van der Waals surface area contributed by atoms with Gasteiger partial charge in [-0.15, -0.1) is 0 Å². The van der Waals surface area contributed by atoms with Crippen LogP contribution in [0, 0.1) is 0 Å². The Morgan fingerprint density at radius 3 is 1.71 bits per heavy atom. The lowest BCUT2D eigenvalue weighted by atomic mass is 9.64. The fourth-order valence-electron chi connectivity index (χ4n) is 14.6. The lowest BCUT2D eigenvalue weighted by Crippen LogP contribution is -2.87. The van der Waals surface area contributed by atoms with Crippen molar-refractivity contribution in [2.24, 2.45) is 0 Å². The normalized spacial score (nSPS) is 18.1. The van der Waals surface area contributed by atoms with Crippen LogP contribution in [0.3, 0.4) is 0 Å². The van der Waals surface area contributed by atoms with Crippen molar-refractivity contribution in [3.05, 3.63) is 251 Å². The summed E-state index contributed by atoms with van der Waals surface area (Å²) in [4.78, 5) is 2.54. The number of para-hydroxylation sites is 3. The first-order chi connectivity index (χ1) is 32.8. The summed E-state index contributed by atoms with van der Waals surface area (Å²) >= 11 is 0. The van der Waals surface area contributed by atoms with E-state index in [2.05, 4.69) is 225 Å². The van der Waals surface area contributed by atoms with Crippen LogP contribution in [-0.2, 0) is 10.8 Å². The molecule has 2 aliphatic carbocycles. The Labute approximate surface area is 378 Å². The number of hydrogen-bond acceptors (Lipinski definition) is 2. The molecule has 3 spiro atoms. The maximum atomic E-state index is 7.36. The molecule has 0 saturated heterocycles. The first-order valence-corrected chi connectivity index (χ1v) is 23.0. The summed E-state index contributed by atoms with van der Waals surface area (Å²) in [6.45, 7) is 0. The van der Waals surface area contributed by atoms with Gasteiger partial charge < -0.3 is 4.74 Å². The Balaban J connectivity index is 1.08. The SMILES string of the molecule is c1ccc2c(c1)-c1ccccc1C21c2ccccc2N2c3c1cccc3[N+]13c4c(ccc5c4-n4c6c(cccc6c6ccc[n+]1c64)C51c4ccccc4-c4ccccc41)Oc1cccc2[n+]13. The molecule has 11 aromatic rings. The van der Waals surface area contributed by atoms with Crippen LogP contribution in [0.1, 0.15) is 44.5 Å². The monoisotopic (exact) mass is 840 g/mol. The molecule has 1 atom stereocenters. The lowest BCUT2D eigenvalue weighted by Gasteiger charge is -2.47. The smallest absolute Gasteiger partial charge is 0.350 e. The molecular weight excluding hydrogens is 807 g/mol. The van der Waals surface area contributed by atoms with E-state index in [9.17, 15) is 0 Å². The summed E-state index contributed by atoms with van der Waals surface area (Å²) in [7, 11) is 0. The van der Waals surface area contributed by atoms with Gasteiger partial charge in [0.05, 0.1) is 20.9 Å². The first-order valence-electron chi connectivity index (χ1n) is 23.0. The van der Waals surface area contributed by atoms with Crippen LogP contribution >= 0.6 is 0 Å². The lowest BCUT2D eigenvalue weighted by molar-refractivity contribution is -1.03. The van der Waals surface area contributed by atoms with Crippen molar-refractivity contribution in [2.75, 3.05) is 4.90 Å². The van der Waals surface area contributed by atoms with Crippen LogP contribution in [0.15, 0.2) is 206 Å². The first kappa shape index (κ1) is 33.0. The van der Waals surface area contributed by atoms with E-state index in [0.29, 0.717) is 0 Å². The number of anilines is 3. The van der Waals surface area contributed by atoms with Gasteiger partial charge in [-0.1, -0.05) is 140 Å². The van der Waals surface area contributed by atoms with Gasteiger partial charge in [-0.25, -0.2) is 0 Å². The van der Waals surface area contributed by atoms with Gasteiger partial charge in [0.1, 0.15) is 11.2 Å². The minimum atomic E-state index is -0.587. The summed E-state index contributed by atoms with van der Waals surface area (Å²) in [5, 5.41) is 2.47. The molecule has 8 heterocycles. The molecule has 0 fully saturated rings. The van der Waals surface area contributed by atoms with E-state index < -0.39 is 10.8 Å². The van der Waals surface area contributed by atoms with Gasteiger partial charge in [0.15, 0.2) is 6.20 Å². The molecule has 3 aromatic heterocycles. The Bertz CT molecular complexity index is 4110. The second kappa shape index (κ2) is 10.5. The van der Waals surface area contributed by atoms with Crippen molar-refractivity contribution in [3.63, 3.8) is 0 Å². The van der Waals surface area contributed by atoms with Gasteiger partial charge in [0.2, 0.25) is 17.1 Å². The second-order valence-corrected chi connectivity index (χ2v) is 18.9. The van der Waals surface area contributed by atoms with E-state index in [1.807, 2.05) is 0 Å². The number of nitrogens with zero attached hydrogens (tertiary/aromatic N) is 5. The maximum Gasteiger partial charge on any atom is 0.350 e. The van der Waals surface area contributed by atoms with E-state index in [1.165, 1.54) is 100 Å². The van der Waals surface area contributed by atoms with E-state index in [1.54, 1.807) is 0 Å². The van der Waals surface area contributed by atoms with Crippen molar-refractivity contribution in [2.45, 2.75) is 10.8 Å². The molecule has 0 bridgehead atoms. The van der Waals surface area contributed by atoms with E-state index >= 15 is 0 Å². The van der Waals surface area contributed by atoms with Gasteiger partial charge in [0.25, 0.3) is 5.69 Å². The zero-order valence-corrected chi connectivity index (χ0v) is 35.3. The molecule has 6 nitrogen and oxygen atoms in total. The third-order valence-corrected chi connectivity index (χ3v) is 16.6. The zero-order valence-electron chi connectivity index (χ0n) is 35.3. The molecule has 7 aliphatic rings. The molecule has 302 valence electrons. The van der Waals surface area contributed by atoms with Crippen LogP contribution < -0.4 is 23.7 Å². The summed E-state index contributed by atoms with van der Waals surface area (Å²) < 4.78 is 15.2. The van der Waals surface area contributed by atoms with Crippen molar-refractivity contribution in [1.29, 1.82) is 0 Å². The highest BCUT2D eigenvalue weighted by molar-refractivity contribution is 6.13. The minimum absolute atomic E-state index is 0.244. The van der Waals surface area contributed by atoms with Crippen LogP contribution in [0.2, 0.25) is 0 Å². The van der Waals surface area contributed by atoms with Crippen LogP contribution in [-0.4, -0.2) is 4.57 Å². The summed E-state index contributed by atoms with van der Waals surface area (Å²) in [5.41, 5.74) is 22.6. The van der Waals surface area contributed by atoms with Gasteiger partial charge in [-0.05, 0) is 91.6 Å². The largest absolute Gasteiger partial charge is 0.412 e. The van der Waals surface area contributed by atoms with Gasteiger partial charge in [0, 0.05) is 50.5 Å². The predicted octanol–water partition coefficient (Wildman–Crippen LogP) is 12.5. The maximum absolute atomic E-state index is 7.36. The van der Waals surface area contributed by atoms with Crippen LogP contribution in [0.25, 0.3) is 49.9 Å². The molecule has 1 unspecified atom stereocenters. The van der Waals surface area contributed by atoms with Crippen LogP contribution in [0.5, 0.6) is 11.6 Å². The summed E-state index contributed by atoms with van der Waals surface area (Å²) in [5.74, 6) is 2.67. The Morgan fingerprint density at radius 2 is 1.00 bits per heavy atom. The second-order valence-electron chi connectivity index (χ2n) is 18.9. The van der Waals surface area contributed by atoms with E-state index in [4.69, 9.17) is 4.74 Å². The fourth-order valence-corrected chi connectivity index (χ4v) is 14.6. The van der Waals surface area contributed by atoms with Gasteiger partial charge in [-0.2, -0.15) is 9.47 Å². The number of benzene rings is 8. The minimum Gasteiger partial charge on any atom is -0.412 e. The highest BCUT2D eigenvalue weighted by atomic mass is 16.5. The van der Waals surface area contributed by atoms with E-state index in [-0.39, 0.29) is 4.70 Å². The van der Waals surface area contributed by atoms with Gasteiger partial charge in [-0.3, -0.25) is 0 Å². The molecular formula is C60H34N5O+3. The third kappa shape index (κ3) is 3.06. The number of pyridine rings is 2. The van der Waals surface area contributed by atoms with Crippen molar-refractivity contribution in [1.82, 2.24) is 9.27 Å². The topological polar surface area (TPSA) is 25.2 Å². The zero-order chi connectivity index (χ0) is 42.4. The Morgan fingerprint density at radius 1 is 0.439 bits per heavy atom. The Kier molecular flexibility index (Phi) is 5.25. The molecule has 0 radical (unpaired) electrons. The fraction of sp³-hybridized carbons (Fsp3) is 0.0333. The highest BCUT2D eigenvalue weighted by Gasteiger charge is 2.71. The molecule has 66 heavy (non-hydrogen) atoms. The summed E-state index contributed by atoms with van der Waals surface area (Å²) in [6.07, 6.45) is 2.31. The number of quaternary nitrogens is 1. The Hall–Kier alpha value is -8.58. The number of hydrogen-bond donors (Lipinski definition) is 0. The van der Waals surface area contributed by atoms with Crippen LogP contribution in [0.4, 0.5) is 28.6 Å². The average molecular weight is 841 g/mol. The molecule has 0 amide bonds. The third-order valence-electron chi connectivity index (χ3n) is 16.6. The number of rotatable bonds is 0. The molecule has 6 heteroatoms. The number of fused-ring (bicyclic) bond motifs is 18. The van der Waals surface area contributed by atoms with Gasteiger partial charge >= 0.3 is 23.0 Å². The average Bonchev–Trinajstić information content (AvgIpc) is 3.99. The number of ether oxygens (including phenoxy) is 1. The quantitative estimate of drug-likeness (QED) is 0.112. The molecule has 0 saturated carbocycles. The number of aromatic nitrogens is 3. The summed E-state index contributed by atoms with van der Waals surface area (Å²) in [6, 6.07) is 75.7. The van der Waals surface area contributed by atoms with Crippen molar-refractivity contribution in [3.8, 4) is 39.6 Å². The molecule has 8 aromatic carbocycles. The van der Waals surface area contributed by atoms with E-state index in [0.717, 1.165) is 34.5 Å². The molecule has 0 N–H and O–H groups in total. The predicted molar refractivity (Wildman–Crippen MR) is 256 cm³/mol. The molecule has 18 rings (SSSR count). The van der Waals surface area contributed by atoms with Crippen molar-refractivity contribution >= 4 is 50.5 Å². The van der Waals surface area contributed by atoms with Crippen molar-refractivity contribution < 1.29 is 14.1 Å². The highest BCUT2D eigenvalue weighted by Crippen LogP contribution is 2.69. The molecule has 5 aliphatic heterocycles. The standard InChI is InChI=1S/C60H34N5O/c1-5-21-41-35(15-1)36-16-2-6-22-42(36)59(41)45-25-9-10-28-49(45)62-52-30-13-31-53-64(52)65(50-29-12-27-47(59)55(50)62)57-51(66-53)33-32-48-56(57)63-54-39(40-20-14-34-61(65)58(40)63)19-11-26-46(54)60(48)43-23-7-3-17-37(43)38-18-4-8-24-44(38)60/h1-34H/q+3.